The monoisotopic (exact) mass is 310 g/mol. The number of hydrogen-bond acceptors (Lipinski definition) is 2. The molecule has 0 N–H and O–H groups in total. The van der Waals surface area contributed by atoms with E-state index in [1.54, 1.807) is 11.5 Å². The van der Waals surface area contributed by atoms with Crippen LogP contribution in [0.4, 0.5) is 19.0 Å². The Hall–Kier alpha value is -0.850. The van der Waals surface area contributed by atoms with Crippen molar-refractivity contribution in [1.82, 2.24) is 13.9 Å². The molecule has 7 heteroatoms. The number of nitrogens with zero attached hydrogens (tertiary/aromatic N) is 3. The molecule has 0 saturated carbocycles. The van der Waals surface area contributed by atoms with E-state index in [1.165, 1.54) is 6.07 Å². The average molecular weight is 311 g/mol. The maximum atomic E-state index is 12.5. The zero-order valence-corrected chi connectivity index (χ0v) is 13.0. The fourth-order valence-corrected chi connectivity index (χ4v) is 2.11. The maximum absolute atomic E-state index is 12.5. The molecule has 0 saturated heterocycles. The summed E-state index contributed by atoms with van der Waals surface area (Å²) in [5, 5.41) is 0. The first-order valence-corrected chi connectivity index (χ1v) is 6.46. The van der Waals surface area contributed by atoms with E-state index in [0.29, 0.717) is 16.8 Å². The molecule has 1 heterocycles. The van der Waals surface area contributed by atoms with Crippen LogP contribution in [0.25, 0.3) is 0 Å². The van der Waals surface area contributed by atoms with Crippen LogP contribution in [-0.4, -0.2) is 42.6 Å². The van der Waals surface area contributed by atoms with E-state index in [0.717, 1.165) is 12.3 Å². The lowest BCUT2D eigenvalue weighted by molar-refractivity contribution is -0.137. The first-order valence-electron chi connectivity index (χ1n) is 6.13. The van der Waals surface area contributed by atoms with E-state index in [-0.39, 0.29) is 5.54 Å². The zero-order chi connectivity index (χ0) is 15.8. The highest BCUT2D eigenvalue weighted by atomic mass is 35.5. The highest BCUT2D eigenvalue weighted by Gasteiger charge is 2.35. The summed E-state index contributed by atoms with van der Waals surface area (Å²) in [6, 6.07) is 2.47. The number of likely N-dealkylation sites (N-methyl/N-ethyl adjacent to an activating group) is 2. The van der Waals surface area contributed by atoms with Gasteiger partial charge in [0.1, 0.15) is 6.54 Å². The van der Waals surface area contributed by atoms with Gasteiger partial charge in [-0.1, -0.05) is 0 Å². The minimum absolute atomic E-state index is 0.324. The van der Waals surface area contributed by atoms with Crippen molar-refractivity contribution < 1.29 is 13.2 Å². The van der Waals surface area contributed by atoms with Gasteiger partial charge in [0.05, 0.1) is 25.2 Å². The third-order valence-corrected chi connectivity index (χ3v) is 3.77. The molecule has 0 unspecified atom stereocenters. The fourth-order valence-electron chi connectivity index (χ4n) is 2.06. The molecule has 0 bridgehead atoms. The van der Waals surface area contributed by atoms with Crippen LogP contribution >= 0.6 is 11.8 Å². The Bertz CT molecular complexity index is 453. The predicted octanol–water partition coefficient (Wildman–Crippen LogP) is 3.53. The number of quaternary nitrogens is 1. The van der Waals surface area contributed by atoms with Crippen LogP contribution in [-0.2, 0) is 6.18 Å². The van der Waals surface area contributed by atoms with Crippen molar-refractivity contribution in [3.8, 4) is 0 Å². The van der Waals surface area contributed by atoms with Gasteiger partial charge in [0, 0.05) is 19.3 Å². The molecule has 1 aromatic rings. The topological polar surface area (TPSA) is 16.1 Å². The van der Waals surface area contributed by atoms with Crippen LogP contribution < -0.4 is 4.48 Å². The number of hydrogen-bond donors (Lipinski definition) is 0. The number of rotatable bonds is 4. The molecule has 114 valence electrons. The minimum atomic E-state index is -4.36. The van der Waals surface area contributed by atoms with E-state index in [1.807, 2.05) is 27.9 Å². The lowest BCUT2D eigenvalue weighted by Crippen LogP contribution is -2.54. The van der Waals surface area contributed by atoms with E-state index in [4.69, 9.17) is 11.8 Å². The zero-order valence-electron chi connectivity index (χ0n) is 12.3. The van der Waals surface area contributed by atoms with Crippen molar-refractivity contribution in [2.75, 3.05) is 27.7 Å². The van der Waals surface area contributed by atoms with Crippen LogP contribution in [0.3, 0.4) is 0 Å². The van der Waals surface area contributed by atoms with Crippen molar-refractivity contribution in [3.63, 3.8) is 0 Å². The predicted molar refractivity (Wildman–Crippen MR) is 75.4 cm³/mol. The second kappa shape index (κ2) is 5.50. The largest absolute Gasteiger partial charge is 0.417 e. The quantitative estimate of drug-likeness (QED) is 0.625. The summed E-state index contributed by atoms with van der Waals surface area (Å²) in [5.41, 5.74) is -1.06. The first-order chi connectivity index (χ1) is 8.86. The Kier molecular flexibility index (Phi) is 4.73. The highest BCUT2D eigenvalue weighted by Crippen LogP contribution is 2.30. The van der Waals surface area contributed by atoms with Gasteiger partial charge in [-0.3, -0.25) is 4.48 Å². The molecule has 0 aliphatic rings. The van der Waals surface area contributed by atoms with Crippen molar-refractivity contribution in [2.24, 2.45) is 0 Å². The smallest absolute Gasteiger partial charge is 0.278 e. The van der Waals surface area contributed by atoms with Gasteiger partial charge in [-0.2, -0.15) is 13.2 Å². The number of pyridine rings is 1. The van der Waals surface area contributed by atoms with Gasteiger partial charge in [0.15, 0.2) is 0 Å². The molecule has 0 aliphatic heterocycles. The van der Waals surface area contributed by atoms with Gasteiger partial charge >= 0.3 is 6.18 Å². The van der Waals surface area contributed by atoms with Crippen molar-refractivity contribution in [1.29, 1.82) is 0 Å². The van der Waals surface area contributed by atoms with Gasteiger partial charge in [0.2, 0.25) is 5.82 Å². The Morgan fingerprint density at radius 2 is 1.80 bits per heavy atom. The van der Waals surface area contributed by atoms with E-state index in [9.17, 15) is 13.2 Å². The van der Waals surface area contributed by atoms with Gasteiger partial charge in [-0.25, -0.2) is 9.40 Å². The third-order valence-electron chi connectivity index (χ3n) is 3.31. The SMILES string of the molecule is CN(Cl)C(C)(C)C[N+](C)(C)c1ccc(C(F)(F)F)cn1. The normalized spacial score (nSPS) is 13.9. The molecule has 3 nitrogen and oxygen atoms in total. The molecule has 0 aromatic carbocycles. The second-order valence-corrected chi connectivity index (χ2v) is 6.54. The Labute approximate surface area is 122 Å². The summed E-state index contributed by atoms with van der Waals surface area (Å²) in [6.07, 6.45) is -3.49. The molecule has 1 rings (SSSR count). The molecule has 0 spiro atoms. The summed E-state index contributed by atoms with van der Waals surface area (Å²) < 4.78 is 39.5. The molecule has 0 amide bonds. The van der Waals surface area contributed by atoms with Crippen LogP contribution in [0.15, 0.2) is 18.3 Å². The summed E-state index contributed by atoms with van der Waals surface area (Å²) in [7, 11) is 5.53. The van der Waals surface area contributed by atoms with Crippen LogP contribution in [0.2, 0.25) is 0 Å². The Morgan fingerprint density at radius 3 is 2.15 bits per heavy atom. The summed E-state index contributed by atoms with van der Waals surface area (Å²) in [4.78, 5) is 3.95. The van der Waals surface area contributed by atoms with Gasteiger partial charge < -0.3 is 0 Å². The lowest BCUT2D eigenvalue weighted by atomic mass is 10.0. The molecule has 1 aromatic heterocycles. The number of alkyl halides is 3. The van der Waals surface area contributed by atoms with E-state index < -0.39 is 11.7 Å². The highest BCUT2D eigenvalue weighted by molar-refractivity contribution is 6.13. The third kappa shape index (κ3) is 4.07. The van der Waals surface area contributed by atoms with E-state index >= 15 is 0 Å². The molecule has 0 atom stereocenters. The molecule has 0 radical (unpaired) electrons. The molecular formula is C13H20ClF3N3+. The molecule has 0 fully saturated rings. The van der Waals surface area contributed by atoms with E-state index in [2.05, 4.69) is 4.98 Å². The molecule has 20 heavy (non-hydrogen) atoms. The summed E-state index contributed by atoms with van der Waals surface area (Å²) in [5.74, 6) is 0.560. The van der Waals surface area contributed by atoms with Crippen molar-refractivity contribution >= 4 is 17.6 Å². The van der Waals surface area contributed by atoms with Crippen molar-refractivity contribution in [2.45, 2.75) is 25.6 Å². The maximum Gasteiger partial charge on any atom is 0.417 e. The van der Waals surface area contributed by atoms with Crippen LogP contribution in [0, 0.1) is 0 Å². The molecule has 0 aliphatic carbocycles. The summed E-state index contributed by atoms with van der Waals surface area (Å²) >= 11 is 6.00. The Morgan fingerprint density at radius 1 is 1.25 bits per heavy atom. The van der Waals surface area contributed by atoms with Gasteiger partial charge in [-0.15, -0.1) is 0 Å². The fraction of sp³-hybridized carbons (Fsp3) is 0.615. The van der Waals surface area contributed by atoms with Gasteiger partial charge in [0.25, 0.3) is 0 Å². The average Bonchev–Trinajstić information content (AvgIpc) is 2.26. The molecular weight excluding hydrogens is 291 g/mol. The first kappa shape index (κ1) is 17.2. The number of aromatic nitrogens is 1. The minimum Gasteiger partial charge on any atom is -0.278 e. The van der Waals surface area contributed by atoms with Crippen LogP contribution in [0.5, 0.6) is 0 Å². The second-order valence-electron chi connectivity index (χ2n) is 6.04. The van der Waals surface area contributed by atoms with Crippen LogP contribution in [0.1, 0.15) is 19.4 Å². The lowest BCUT2D eigenvalue weighted by Gasteiger charge is -2.38. The Balaban J connectivity index is 2.99. The summed E-state index contributed by atoms with van der Waals surface area (Å²) in [6.45, 7) is 4.53. The van der Waals surface area contributed by atoms with Crippen molar-refractivity contribution in [3.05, 3.63) is 23.9 Å². The number of halogens is 4. The standard InChI is InChI=1S/C13H20ClF3N3/c1-12(2,19(3)14)9-20(4,5)11-7-6-10(8-18-11)13(15,16)17/h6-8H,9H2,1-5H3/q+1. The van der Waals surface area contributed by atoms with Gasteiger partial charge in [-0.05, 0) is 31.7 Å².